The fraction of sp³-hybridized carbons (Fsp3) is 0. The van der Waals surface area contributed by atoms with Crippen LogP contribution >= 0.6 is 7.95 Å². The van der Waals surface area contributed by atoms with E-state index in [1.807, 2.05) is 18.2 Å². The molecule has 0 saturated heterocycles. The van der Waals surface area contributed by atoms with Gasteiger partial charge in [-0.05, 0) is 16.7 Å². The molecule has 1 atom stereocenters. The largest absolute Gasteiger partial charge is 0.468 e. The summed E-state index contributed by atoms with van der Waals surface area (Å²) in [6.07, 6.45) is 0. The quantitative estimate of drug-likeness (QED) is 0.591. The van der Waals surface area contributed by atoms with Gasteiger partial charge in [-0.1, -0.05) is 18.2 Å². The Bertz CT molecular complexity index is 210. The zero-order valence-corrected chi connectivity index (χ0v) is 5.71. The molecule has 0 spiro atoms. The van der Waals surface area contributed by atoms with Gasteiger partial charge < -0.3 is 0 Å². The highest BCUT2D eigenvalue weighted by Gasteiger charge is 2.09. The standard InChI is InChI=1S/C6H7NOP/c7-9(8)6-4-2-1-3-5-6/h1-5H,(H2,7,8)/q+1. The molecular weight excluding hydrogens is 133 g/mol. The Hall–Kier alpha value is -0.720. The smallest absolute Gasteiger partial charge is 0.117 e. The van der Waals surface area contributed by atoms with E-state index in [0.717, 1.165) is 0 Å². The molecule has 2 N–H and O–H groups in total. The molecule has 0 heterocycles. The van der Waals surface area contributed by atoms with Crippen LogP contribution in [0.3, 0.4) is 0 Å². The monoisotopic (exact) mass is 140 g/mol. The van der Waals surface area contributed by atoms with E-state index in [-0.39, 0.29) is 0 Å². The van der Waals surface area contributed by atoms with Crippen molar-refractivity contribution in [1.82, 2.24) is 0 Å². The van der Waals surface area contributed by atoms with Gasteiger partial charge in [-0.3, -0.25) is 0 Å². The first-order valence-electron chi connectivity index (χ1n) is 2.58. The topological polar surface area (TPSA) is 43.1 Å². The van der Waals surface area contributed by atoms with Crippen molar-refractivity contribution < 1.29 is 4.57 Å². The summed E-state index contributed by atoms with van der Waals surface area (Å²) in [7, 11) is -1.65. The highest BCUT2D eigenvalue weighted by Crippen LogP contribution is 2.05. The maximum Gasteiger partial charge on any atom is 0.468 e. The first-order chi connectivity index (χ1) is 4.30. The SMILES string of the molecule is N[P+](=O)c1ccccc1. The molecule has 1 aromatic rings. The summed E-state index contributed by atoms with van der Waals surface area (Å²) >= 11 is 0. The lowest BCUT2D eigenvalue weighted by Gasteiger charge is -1.78. The molecule has 1 aromatic carbocycles. The minimum absolute atomic E-state index is 0.701. The molecule has 1 unspecified atom stereocenters. The molecule has 0 amide bonds. The third-order valence-corrected chi connectivity index (χ3v) is 1.82. The van der Waals surface area contributed by atoms with Crippen molar-refractivity contribution >= 4 is 13.3 Å². The lowest BCUT2D eigenvalue weighted by atomic mass is 10.4. The fourth-order valence-electron chi connectivity index (χ4n) is 0.575. The van der Waals surface area contributed by atoms with Crippen LogP contribution in [0.1, 0.15) is 0 Å². The van der Waals surface area contributed by atoms with Gasteiger partial charge in [0.15, 0.2) is 0 Å². The van der Waals surface area contributed by atoms with E-state index in [1.54, 1.807) is 12.1 Å². The van der Waals surface area contributed by atoms with Gasteiger partial charge in [-0.25, -0.2) is 0 Å². The molecule has 0 aromatic heterocycles. The van der Waals surface area contributed by atoms with E-state index in [1.165, 1.54) is 0 Å². The van der Waals surface area contributed by atoms with Crippen LogP contribution in [-0.4, -0.2) is 0 Å². The van der Waals surface area contributed by atoms with E-state index in [9.17, 15) is 4.57 Å². The number of nitrogens with two attached hydrogens (primary N) is 1. The van der Waals surface area contributed by atoms with Gasteiger partial charge in [0.05, 0.1) is 0 Å². The Balaban J connectivity index is 2.98. The Morgan fingerprint density at radius 2 is 1.78 bits per heavy atom. The van der Waals surface area contributed by atoms with Crippen LogP contribution in [0.2, 0.25) is 0 Å². The third-order valence-electron chi connectivity index (χ3n) is 1.01. The molecule has 46 valence electrons. The average molecular weight is 140 g/mol. The molecule has 0 aliphatic rings. The van der Waals surface area contributed by atoms with Gasteiger partial charge in [0.1, 0.15) is 0 Å². The normalized spacial score (nSPS) is 11.0. The second kappa shape index (κ2) is 2.72. The lowest BCUT2D eigenvalue weighted by Crippen LogP contribution is -1.98. The number of benzene rings is 1. The highest BCUT2D eigenvalue weighted by molar-refractivity contribution is 7.50. The molecule has 0 bridgehead atoms. The van der Waals surface area contributed by atoms with Crippen molar-refractivity contribution in [2.45, 2.75) is 0 Å². The van der Waals surface area contributed by atoms with Gasteiger partial charge in [-0.2, -0.15) is 0 Å². The summed E-state index contributed by atoms with van der Waals surface area (Å²) in [6.45, 7) is 0. The van der Waals surface area contributed by atoms with Crippen molar-refractivity contribution in [2.24, 2.45) is 5.50 Å². The molecular formula is C6H7NOP+. The van der Waals surface area contributed by atoms with E-state index in [0.29, 0.717) is 5.30 Å². The number of hydrogen-bond acceptors (Lipinski definition) is 1. The molecule has 2 nitrogen and oxygen atoms in total. The average Bonchev–Trinajstić information content (AvgIpc) is 1.90. The second-order valence-electron chi connectivity index (χ2n) is 1.66. The van der Waals surface area contributed by atoms with Gasteiger partial charge >= 0.3 is 7.95 Å². The van der Waals surface area contributed by atoms with Crippen LogP contribution in [0.25, 0.3) is 0 Å². The first kappa shape index (κ1) is 6.40. The molecule has 1 rings (SSSR count). The fourth-order valence-corrected chi connectivity index (χ4v) is 1.04. The molecule has 0 radical (unpaired) electrons. The summed E-state index contributed by atoms with van der Waals surface area (Å²) in [6, 6.07) is 8.99. The van der Waals surface area contributed by atoms with Gasteiger partial charge in [0, 0.05) is 0 Å². The van der Waals surface area contributed by atoms with Crippen molar-refractivity contribution in [3.8, 4) is 0 Å². The zero-order chi connectivity index (χ0) is 6.69. The summed E-state index contributed by atoms with van der Waals surface area (Å²) in [4.78, 5) is 0. The maximum absolute atomic E-state index is 10.6. The Labute approximate surface area is 54.5 Å². The van der Waals surface area contributed by atoms with Crippen LogP contribution < -0.4 is 10.8 Å². The Morgan fingerprint density at radius 3 is 2.11 bits per heavy atom. The maximum atomic E-state index is 10.6. The van der Waals surface area contributed by atoms with Crippen LogP contribution in [0.15, 0.2) is 30.3 Å². The van der Waals surface area contributed by atoms with Crippen molar-refractivity contribution in [3.63, 3.8) is 0 Å². The number of rotatable bonds is 1. The number of hydrogen-bond donors (Lipinski definition) is 1. The zero-order valence-electron chi connectivity index (χ0n) is 4.82. The van der Waals surface area contributed by atoms with E-state index in [2.05, 4.69) is 0 Å². The molecule has 0 aliphatic carbocycles. The molecule has 0 saturated carbocycles. The predicted molar refractivity (Wildman–Crippen MR) is 37.9 cm³/mol. The first-order valence-corrected chi connectivity index (χ1v) is 3.90. The minimum atomic E-state index is -1.65. The van der Waals surface area contributed by atoms with E-state index < -0.39 is 7.95 Å². The van der Waals surface area contributed by atoms with Gasteiger partial charge in [0.25, 0.3) is 0 Å². The summed E-state index contributed by atoms with van der Waals surface area (Å²) in [5.74, 6) is 0. The van der Waals surface area contributed by atoms with Gasteiger partial charge in [0.2, 0.25) is 5.30 Å². The van der Waals surface area contributed by atoms with Gasteiger partial charge in [-0.15, -0.1) is 5.50 Å². The third kappa shape index (κ3) is 1.60. The summed E-state index contributed by atoms with van der Waals surface area (Å²) in [5.41, 5.74) is 5.12. The highest BCUT2D eigenvalue weighted by atomic mass is 31.1. The molecule has 9 heavy (non-hydrogen) atoms. The Kier molecular flexibility index (Phi) is 1.93. The Morgan fingerprint density at radius 1 is 1.22 bits per heavy atom. The van der Waals surface area contributed by atoms with Crippen molar-refractivity contribution in [1.29, 1.82) is 0 Å². The van der Waals surface area contributed by atoms with Crippen LogP contribution in [0.4, 0.5) is 0 Å². The molecule has 0 aliphatic heterocycles. The predicted octanol–water partition coefficient (Wildman–Crippen LogP) is 1.01. The van der Waals surface area contributed by atoms with Crippen molar-refractivity contribution in [2.75, 3.05) is 0 Å². The molecule has 0 fully saturated rings. The summed E-state index contributed by atoms with van der Waals surface area (Å²) in [5, 5.41) is 0.701. The lowest BCUT2D eigenvalue weighted by molar-refractivity contribution is 0.594. The van der Waals surface area contributed by atoms with Crippen LogP contribution in [-0.2, 0) is 4.57 Å². The van der Waals surface area contributed by atoms with Crippen LogP contribution in [0.5, 0.6) is 0 Å². The summed E-state index contributed by atoms with van der Waals surface area (Å²) < 4.78 is 10.6. The van der Waals surface area contributed by atoms with Crippen molar-refractivity contribution in [3.05, 3.63) is 30.3 Å². The minimum Gasteiger partial charge on any atom is -0.117 e. The van der Waals surface area contributed by atoms with Crippen LogP contribution in [0, 0.1) is 0 Å². The second-order valence-corrected chi connectivity index (χ2v) is 2.83. The van der Waals surface area contributed by atoms with E-state index in [4.69, 9.17) is 5.50 Å². The van der Waals surface area contributed by atoms with E-state index >= 15 is 0 Å². The molecule has 3 heteroatoms.